The zero-order chi connectivity index (χ0) is 9.72. The lowest BCUT2D eigenvalue weighted by molar-refractivity contribution is -0.121. The van der Waals surface area contributed by atoms with E-state index in [0.29, 0.717) is 23.5 Å². The Morgan fingerprint density at radius 1 is 1.25 bits per heavy atom. The molecule has 0 bridgehead atoms. The van der Waals surface area contributed by atoms with Gasteiger partial charge in [-0.3, -0.25) is 4.79 Å². The van der Waals surface area contributed by atoms with Gasteiger partial charge in [-0.15, -0.1) is 0 Å². The SMILES string of the molecule is CCC(CC(C)C(C)C)C(C)=O. The molecular weight excluding hydrogens is 148 g/mol. The fourth-order valence-electron chi connectivity index (χ4n) is 1.34. The summed E-state index contributed by atoms with van der Waals surface area (Å²) in [6.07, 6.45) is 2.05. The highest BCUT2D eigenvalue weighted by molar-refractivity contribution is 5.78. The van der Waals surface area contributed by atoms with Crippen LogP contribution in [0.4, 0.5) is 0 Å². The van der Waals surface area contributed by atoms with E-state index in [1.165, 1.54) is 0 Å². The summed E-state index contributed by atoms with van der Waals surface area (Å²) < 4.78 is 0. The van der Waals surface area contributed by atoms with Crippen LogP contribution in [0, 0.1) is 17.8 Å². The monoisotopic (exact) mass is 170 g/mol. The molecule has 12 heavy (non-hydrogen) atoms. The van der Waals surface area contributed by atoms with Crippen molar-refractivity contribution in [2.24, 2.45) is 17.8 Å². The van der Waals surface area contributed by atoms with E-state index >= 15 is 0 Å². The third kappa shape index (κ3) is 3.89. The van der Waals surface area contributed by atoms with Crippen LogP contribution in [-0.2, 0) is 4.79 Å². The topological polar surface area (TPSA) is 17.1 Å². The molecule has 0 aromatic heterocycles. The molecule has 0 N–H and O–H groups in total. The minimum absolute atomic E-state index is 0.294. The van der Waals surface area contributed by atoms with Gasteiger partial charge in [-0.25, -0.2) is 0 Å². The molecular formula is C11H22O. The molecule has 0 rings (SSSR count). The Hall–Kier alpha value is -0.330. The fraction of sp³-hybridized carbons (Fsp3) is 0.909. The molecule has 0 fully saturated rings. The first kappa shape index (κ1) is 11.7. The van der Waals surface area contributed by atoms with Gasteiger partial charge in [-0.2, -0.15) is 0 Å². The van der Waals surface area contributed by atoms with Crippen molar-refractivity contribution in [3.8, 4) is 0 Å². The Bertz CT molecular complexity index is 138. The minimum atomic E-state index is 0.294. The van der Waals surface area contributed by atoms with Gasteiger partial charge in [0, 0.05) is 5.92 Å². The predicted octanol–water partition coefficient (Wildman–Crippen LogP) is 3.28. The number of ketones is 1. The van der Waals surface area contributed by atoms with Crippen molar-refractivity contribution in [3.05, 3.63) is 0 Å². The van der Waals surface area contributed by atoms with Crippen molar-refractivity contribution in [1.29, 1.82) is 0 Å². The molecule has 0 aromatic carbocycles. The molecule has 0 saturated carbocycles. The second kappa shape index (κ2) is 5.34. The van der Waals surface area contributed by atoms with E-state index in [1.807, 2.05) is 0 Å². The smallest absolute Gasteiger partial charge is 0.132 e. The third-order valence-electron chi connectivity index (χ3n) is 2.86. The van der Waals surface area contributed by atoms with Crippen molar-refractivity contribution < 1.29 is 4.79 Å². The molecule has 2 atom stereocenters. The van der Waals surface area contributed by atoms with Crippen LogP contribution in [0.1, 0.15) is 47.5 Å². The Morgan fingerprint density at radius 3 is 2.00 bits per heavy atom. The van der Waals surface area contributed by atoms with E-state index in [1.54, 1.807) is 6.92 Å². The molecule has 0 aliphatic carbocycles. The van der Waals surface area contributed by atoms with Crippen molar-refractivity contribution in [2.75, 3.05) is 0 Å². The van der Waals surface area contributed by atoms with E-state index < -0.39 is 0 Å². The molecule has 0 radical (unpaired) electrons. The van der Waals surface area contributed by atoms with Gasteiger partial charge >= 0.3 is 0 Å². The summed E-state index contributed by atoms with van der Waals surface area (Å²) in [4.78, 5) is 11.1. The van der Waals surface area contributed by atoms with Crippen molar-refractivity contribution in [1.82, 2.24) is 0 Å². The zero-order valence-electron chi connectivity index (χ0n) is 9.05. The van der Waals surface area contributed by atoms with E-state index in [-0.39, 0.29) is 0 Å². The maximum atomic E-state index is 11.1. The molecule has 72 valence electrons. The van der Waals surface area contributed by atoms with Gasteiger partial charge in [0.15, 0.2) is 0 Å². The second-order valence-corrected chi connectivity index (χ2v) is 4.17. The Balaban J connectivity index is 3.94. The van der Waals surface area contributed by atoms with Gasteiger partial charge in [0.25, 0.3) is 0 Å². The number of hydrogen-bond acceptors (Lipinski definition) is 1. The van der Waals surface area contributed by atoms with Crippen LogP contribution < -0.4 is 0 Å². The maximum absolute atomic E-state index is 11.1. The van der Waals surface area contributed by atoms with Gasteiger partial charge < -0.3 is 0 Å². The molecule has 0 aromatic rings. The fourth-order valence-corrected chi connectivity index (χ4v) is 1.34. The summed E-state index contributed by atoms with van der Waals surface area (Å²) in [5.41, 5.74) is 0. The van der Waals surface area contributed by atoms with Crippen molar-refractivity contribution in [2.45, 2.75) is 47.5 Å². The number of carbonyl (C=O) groups is 1. The van der Waals surface area contributed by atoms with E-state index in [0.717, 1.165) is 12.8 Å². The number of carbonyl (C=O) groups excluding carboxylic acids is 1. The van der Waals surface area contributed by atoms with Crippen LogP contribution in [0.5, 0.6) is 0 Å². The van der Waals surface area contributed by atoms with Crippen LogP contribution >= 0.6 is 0 Å². The first-order chi connectivity index (χ1) is 5.49. The number of Topliss-reactive ketones (excluding diaryl/α,β-unsaturated/α-hetero) is 1. The normalized spacial score (nSPS) is 16.2. The molecule has 0 aliphatic rings. The quantitative estimate of drug-likeness (QED) is 0.619. The molecule has 0 amide bonds. The number of hydrogen-bond donors (Lipinski definition) is 0. The van der Waals surface area contributed by atoms with Gasteiger partial charge in [-0.05, 0) is 31.6 Å². The van der Waals surface area contributed by atoms with Crippen LogP contribution in [0.15, 0.2) is 0 Å². The molecule has 0 spiro atoms. The summed E-state index contributed by atoms with van der Waals surface area (Å²) in [6, 6.07) is 0. The number of rotatable bonds is 5. The standard InChI is InChI=1S/C11H22O/c1-6-11(10(5)12)7-9(4)8(2)3/h8-9,11H,6-7H2,1-5H3. The summed E-state index contributed by atoms with van der Waals surface area (Å²) in [7, 11) is 0. The van der Waals surface area contributed by atoms with E-state index in [2.05, 4.69) is 27.7 Å². The Morgan fingerprint density at radius 2 is 1.75 bits per heavy atom. The highest BCUT2D eigenvalue weighted by atomic mass is 16.1. The Kier molecular flexibility index (Phi) is 5.19. The highest BCUT2D eigenvalue weighted by Gasteiger charge is 2.17. The molecule has 1 heteroatoms. The van der Waals surface area contributed by atoms with E-state index in [4.69, 9.17) is 0 Å². The summed E-state index contributed by atoms with van der Waals surface area (Å²) in [6.45, 7) is 10.5. The second-order valence-electron chi connectivity index (χ2n) is 4.17. The Labute approximate surface area is 76.6 Å². The average molecular weight is 170 g/mol. The molecule has 2 unspecified atom stereocenters. The first-order valence-corrected chi connectivity index (χ1v) is 4.99. The third-order valence-corrected chi connectivity index (χ3v) is 2.86. The van der Waals surface area contributed by atoms with Gasteiger partial charge in [0.1, 0.15) is 5.78 Å². The first-order valence-electron chi connectivity index (χ1n) is 4.99. The summed E-state index contributed by atoms with van der Waals surface area (Å²) in [5.74, 6) is 2.00. The lowest BCUT2D eigenvalue weighted by Crippen LogP contribution is -2.16. The van der Waals surface area contributed by atoms with Crippen LogP contribution in [0.25, 0.3) is 0 Å². The minimum Gasteiger partial charge on any atom is -0.300 e. The molecule has 1 nitrogen and oxygen atoms in total. The van der Waals surface area contributed by atoms with E-state index in [9.17, 15) is 4.79 Å². The molecule has 0 saturated heterocycles. The molecule has 0 aliphatic heterocycles. The van der Waals surface area contributed by atoms with Crippen molar-refractivity contribution in [3.63, 3.8) is 0 Å². The lowest BCUT2D eigenvalue weighted by atomic mass is 9.85. The van der Waals surface area contributed by atoms with Crippen LogP contribution in [0.3, 0.4) is 0 Å². The summed E-state index contributed by atoms with van der Waals surface area (Å²) >= 11 is 0. The van der Waals surface area contributed by atoms with Gasteiger partial charge in [0.05, 0.1) is 0 Å². The van der Waals surface area contributed by atoms with Gasteiger partial charge in [0.2, 0.25) is 0 Å². The lowest BCUT2D eigenvalue weighted by Gasteiger charge is -2.20. The maximum Gasteiger partial charge on any atom is 0.132 e. The molecule has 0 heterocycles. The largest absolute Gasteiger partial charge is 0.300 e. The summed E-state index contributed by atoms with van der Waals surface area (Å²) in [5, 5.41) is 0. The average Bonchev–Trinajstić information content (AvgIpc) is 1.98. The van der Waals surface area contributed by atoms with Gasteiger partial charge in [-0.1, -0.05) is 27.7 Å². The highest BCUT2D eigenvalue weighted by Crippen LogP contribution is 2.22. The predicted molar refractivity (Wildman–Crippen MR) is 53.1 cm³/mol. The zero-order valence-corrected chi connectivity index (χ0v) is 9.05. The van der Waals surface area contributed by atoms with Crippen LogP contribution in [-0.4, -0.2) is 5.78 Å². The van der Waals surface area contributed by atoms with Crippen LogP contribution in [0.2, 0.25) is 0 Å². The van der Waals surface area contributed by atoms with Crippen molar-refractivity contribution >= 4 is 5.78 Å².